The molecular weight excluding hydrogens is 256 g/mol. The lowest BCUT2D eigenvalue weighted by molar-refractivity contribution is -0.119. The SMILES string of the molecule is CC(C(=O)Nc1ccccc1)n1cc(CCCO)nn1. The molecule has 0 bridgehead atoms. The molecule has 20 heavy (non-hydrogen) atoms. The number of para-hydroxylation sites is 1. The van der Waals surface area contributed by atoms with Gasteiger partial charge in [0, 0.05) is 18.5 Å². The molecule has 0 aliphatic carbocycles. The van der Waals surface area contributed by atoms with E-state index in [0.717, 1.165) is 11.4 Å². The molecular formula is C14H18N4O2. The van der Waals surface area contributed by atoms with Gasteiger partial charge in [0.15, 0.2) is 0 Å². The number of amides is 1. The highest BCUT2D eigenvalue weighted by molar-refractivity contribution is 5.93. The van der Waals surface area contributed by atoms with Gasteiger partial charge in [0.1, 0.15) is 6.04 Å². The third-order valence-corrected chi connectivity index (χ3v) is 2.97. The maximum atomic E-state index is 12.1. The van der Waals surface area contributed by atoms with Gasteiger partial charge in [0.25, 0.3) is 0 Å². The van der Waals surface area contributed by atoms with Crippen molar-refractivity contribution in [3.8, 4) is 0 Å². The summed E-state index contributed by atoms with van der Waals surface area (Å²) in [4.78, 5) is 12.1. The van der Waals surface area contributed by atoms with Crippen LogP contribution in [-0.4, -0.2) is 32.6 Å². The lowest BCUT2D eigenvalue weighted by Crippen LogP contribution is -2.24. The van der Waals surface area contributed by atoms with Crippen LogP contribution in [0.1, 0.15) is 25.1 Å². The zero-order valence-electron chi connectivity index (χ0n) is 11.4. The van der Waals surface area contributed by atoms with Crippen LogP contribution >= 0.6 is 0 Å². The Morgan fingerprint density at radius 3 is 2.85 bits per heavy atom. The second-order valence-electron chi connectivity index (χ2n) is 4.55. The molecule has 0 aliphatic heterocycles. The van der Waals surface area contributed by atoms with Crippen molar-refractivity contribution in [3.05, 3.63) is 42.2 Å². The summed E-state index contributed by atoms with van der Waals surface area (Å²) in [6, 6.07) is 8.85. The average molecular weight is 274 g/mol. The quantitative estimate of drug-likeness (QED) is 0.834. The molecule has 1 aromatic carbocycles. The van der Waals surface area contributed by atoms with Crippen molar-refractivity contribution < 1.29 is 9.90 Å². The smallest absolute Gasteiger partial charge is 0.249 e. The Hall–Kier alpha value is -2.21. The number of carbonyl (C=O) groups is 1. The van der Waals surface area contributed by atoms with Gasteiger partial charge in [0.05, 0.1) is 5.69 Å². The van der Waals surface area contributed by atoms with Gasteiger partial charge in [-0.2, -0.15) is 0 Å². The Morgan fingerprint density at radius 2 is 2.15 bits per heavy atom. The Morgan fingerprint density at radius 1 is 1.40 bits per heavy atom. The average Bonchev–Trinajstić information content (AvgIpc) is 2.94. The molecule has 106 valence electrons. The van der Waals surface area contributed by atoms with Crippen LogP contribution in [-0.2, 0) is 11.2 Å². The molecule has 0 spiro atoms. The van der Waals surface area contributed by atoms with Gasteiger partial charge in [-0.1, -0.05) is 23.4 Å². The van der Waals surface area contributed by atoms with Gasteiger partial charge in [-0.25, -0.2) is 4.68 Å². The third-order valence-electron chi connectivity index (χ3n) is 2.97. The van der Waals surface area contributed by atoms with Crippen molar-refractivity contribution in [2.45, 2.75) is 25.8 Å². The molecule has 0 saturated carbocycles. The largest absolute Gasteiger partial charge is 0.396 e. The normalized spacial score (nSPS) is 12.1. The van der Waals surface area contributed by atoms with E-state index in [1.807, 2.05) is 30.3 Å². The molecule has 2 N–H and O–H groups in total. The van der Waals surface area contributed by atoms with E-state index in [0.29, 0.717) is 12.8 Å². The fourth-order valence-electron chi connectivity index (χ4n) is 1.77. The van der Waals surface area contributed by atoms with Crippen molar-refractivity contribution in [2.24, 2.45) is 0 Å². The molecule has 1 heterocycles. The highest BCUT2D eigenvalue weighted by Crippen LogP contribution is 2.11. The Kier molecular flexibility index (Phi) is 4.84. The zero-order chi connectivity index (χ0) is 14.4. The number of hydrogen-bond donors (Lipinski definition) is 2. The van der Waals surface area contributed by atoms with E-state index < -0.39 is 6.04 Å². The van der Waals surface area contributed by atoms with Crippen molar-refractivity contribution in [1.82, 2.24) is 15.0 Å². The van der Waals surface area contributed by atoms with Gasteiger partial charge in [0.2, 0.25) is 5.91 Å². The summed E-state index contributed by atoms with van der Waals surface area (Å²) >= 11 is 0. The summed E-state index contributed by atoms with van der Waals surface area (Å²) in [5.74, 6) is -0.144. The highest BCUT2D eigenvalue weighted by atomic mass is 16.2. The van der Waals surface area contributed by atoms with Gasteiger partial charge in [-0.05, 0) is 31.9 Å². The van der Waals surface area contributed by atoms with E-state index in [1.54, 1.807) is 13.1 Å². The van der Waals surface area contributed by atoms with Gasteiger partial charge in [-0.15, -0.1) is 5.10 Å². The monoisotopic (exact) mass is 274 g/mol. The summed E-state index contributed by atoms with van der Waals surface area (Å²) in [6.45, 7) is 1.89. The summed E-state index contributed by atoms with van der Waals surface area (Å²) in [7, 11) is 0. The van der Waals surface area contributed by atoms with Crippen molar-refractivity contribution >= 4 is 11.6 Å². The molecule has 1 atom stereocenters. The van der Waals surface area contributed by atoms with Crippen LogP contribution in [0.4, 0.5) is 5.69 Å². The molecule has 6 heteroatoms. The second-order valence-corrected chi connectivity index (χ2v) is 4.55. The number of aromatic nitrogens is 3. The van der Waals surface area contributed by atoms with E-state index in [4.69, 9.17) is 5.11 Å². The highest BCUT2D eigenvalue weighted by Gasteiger charge is 2.16. The first-order chi connectivity index (χ1) is 9.70. The van der Waals surface area contributed by atoms with E-state index in [-0.39, 0.29) is 12.5 Å². The zero-order valence-corrected chi connectivity index (χ0v) is 11.4. The van der Waals surface area contributed by atoms with Crippen molar-refractivity contribution in [2.75, 3.05) is 11.9 Å². The first kappa shape index (κ1) is 14.2. The van der Waals surface area contributed by atoms with Crippen molar-refractivity contribution in [1.29, 1.82) is 0 Å². The van der Waals surface area contributed by atoms with Gasteiger partial charge >= 0.3 is 0 Å². The number of carbonyl (C=O) groups excluding carboxylic acids is 1. The summed E-state index contributed by atoms with van der Waals surface area (Å²) < 4.78 is 1.53. The van der Waals surface area contributed by atoms with Crippen LogP contribution < -0.4 is 5.32 Å². The summed E-state index contributed by atoms with van der Waals surface area (Å²) in [6.07, 6.45) is 3.04. The number of aryl methyl sites for hydroxylation is 1. The number of anilines is 1. The maximum Gasteiger partial charge on any atom is 0.249 e. The predicted octanol–water partition coefficient (Wildman–Crippen LogP) is 1.40. The van der Waals surface area contributed by atoms with E-state index in [2.05, 4.69) is 15.6 Å². The number of nitrogens with zero attached hydrogens (tertiary/aromatic N) is 3. The summed E-state index contributed by atoms with van der Waals surface area (Å²) in [5.41, 5.74) is 1.53. The first-order valence-electron chi connectivity index (χ1n) is 6.58. The number of aliphatic hydroxyl groups excluding tert-OH is 1. The Bertz CT molecular complexity index is 553. The summed E-state index contributed by atoms with van der Waals surface area (Å²) in [5, 5.41) is 19.5. The van der Waals surface area contributed by atoms with Crippen LogP contribution in [0.5, 0.6) is 0 Å². The molecule has 1 amide bonds. The van der Waals surface area contributed by atoms with Gasteiger partial charge in [-0.3, -0.25) is 4.79 Å². The molecule has 0 fully saturated rings. The fourth-order valence-corrected chi connectivity index (χ4v) is 1.77. The Labute approximate surface area is 117 Å². The standard InChI is InChI=1S/C14H18N4O2/c1-11(14(20)15-12-6-3-2-4-7-12)18-10-13(16-17-18)8-5-9-19/h2-4,6-7,10-11,19H,5,8-9H2,1H3,(H,15,20). The fraction of sp³-hybridized carbons (Fsp3) is 0.357. The van der Waals surface area contributed by atoms with E-state index in [1.165, 1.54) is 4.68 Å². The molecule has 1 aromatic heterocycles. The molecule has 1 unspecified atom stereocenters. The van der Waals surface area contributed by atoms with Crippen molar-refractivity contribution in [3.63, 3.8) is 0 Å². The number of nitrogens with one attached hydrogen (secondary N) is 1. The number of rotatable bonds is 6. The van der Waals surface area contributed by atoms with Crippen LogP contribution in [0.3, 0.4) is 0 Å². The lowest BCUT2D eigenvalue weighted by Gasteiger charge is -2.11. The third kappa shape index (κ3) is 3.64. The predicted molar refractivity (Wildman–Crippen MR) is 75.2 cm³/mol. The minimum absolute atomic E-state index is 0.122. The van der Waals surface area contributed by atoms with Crippen LogP contribution in [0.25, 0.3) is 0 Å². The molecule has 0 aliphatic rings. The molecule has 2 rings (SSSR count). The topological polar surface area (TPSA) is 80.0 Å². The van der Waals surface area contributed by atoms with Crippen LogP contribution in [0, 0.1) is 0 Å². The van der Waals surface area contributed by atoms with E-state index >= 15 is 0 Å². The lowest BCUT2D eigenvalue weighted by atomic mass is 10.2. The second kappa shape index (κ2) is 6.81. The first-order valence-corrected chi connectivity index (χ1v) is 6.58. The number of benzene rings is 1. The van der Waals surface area contributed by atoms with E-state index in [9.17, 15) is 4.79 Å². The number of aliphatic hydroxyl groups is 1. The molecule has 2 aromatic rings. The number of hydrogen-bond acceptors (Lipinski definition) is 4. The minimum atomic E-state index is -0.439. The minimum Gasteiger partial charge on any atom is -0.396 e. The van der Waals surface area contributed by atoms with Crippen LogP contribution in [0.2, 0.25) is 0 Å². The van der Waals surface area contributed by atoms with Gasteiger partial charge < -0.3 is 10.4 Å². The Balaban J connectivity index is 1.97. The molecule has 0 radical (unpaired) electrons. The molecule has 6 nitrogen and oxygen atoms in total. The van der Waals surface area contributed by atoms with Crippen LogP contribution in [0.15, 0.2) is 36.5 Å². The maximum absolute atomic E-state index is 12.1. The molecule has 0 saturated heterocycles.